The van der Waals surface area contributed by atoms with Crippen LogP contribution in [-0.4, -0.2) is 17.8 Å². The average Bonchev–Trinajstić information content (AvgIpc) is 2.88. The molecule has 0 atom stereocenters. The van der Waals surface area contributed by atoms with E-state index in [4.69, 9.17) is 4.98 Å². The van der Waals surface area contributed by atoms with Crippen molar-refractivity contribution in [1.29, 1.82) is 0 Å². The molecule has 0 fully saturated rings. The lowest BCUT2D eigenvalue weighted by atomic mass is 10.2. The molecule has 0 amide bonds. The molecule has 0 aliphatic rings. The van der Waals surface area contributed by atoms with Crippen LogP contribution in [0.5, 0.6) is 0 Å². The first-order valence-electron chi connectivity index (χ1n) is 6.62. The van der Waals surface area contributed by atoms with Gasteiger partial charge < -0.3 is 5.32 Å². The maximum absolute atomic E-state index is 4.78. The largest absolute Gasteiger partial charge is 0.312 e. The first-order chi connectivity index (χ1) is 9.28. The fourth-order valence-corrected chi connectivity index (χ4v) is 3.43. The lowest BCUT2D eigenvalue weighted by molar-refractivity contribution is 0.727. The molecular weight excluding hydrogens is 272 g/mol. The number of thioether (sulfide) groups is 1. The Morgan fingerprint density at radius 1 is 1.21 bits per heavy atom. The summed E-state index contributed by atoms with van der Waals surface area (Å²) in [6, 6.07) is 8.66. The van der Waals surface area contributed by atoms with Crippen molar-refractivity contribution in [2.45, 2.75) is 31.7 Å². The summed E-state index contributed by atoms with van der Waals surface area (Å²) in [4.78, 5) is 7.44. The van der Waals surface area contributed by atoms with Gasteiger partial charge in [-0.1, -0.05) is 26.0 Å². The van der Waals surface area contributed by atoms with Crippen molar-refractivity contribution in [2.75, 3.05) is 12.8 Å². The highest BCUT2D eigenvalue weighted by atomic mass is 32.2. The number of nitrogens with one attached hydrogen (secondary N) is 1. The third-order valence-corrected chi connectivity index (χ3v) is 4.88. The van der Waals surface area contributed by atoms with Crippen molar-refractivity contribution in [3.63, 3.8) is 0 Å². The minimum absolute atomic E-state index is 0.931. The monoisotopic (exact) mass is 292 g/mol. The summed E-state index contributed by atoms with van der Waals surface area (Å²) in [5.41, 5.74) is 2.45. The van der Waals surface area contributed by atoms with Crippen LogP contribution in [0.4, 0.5) is 0 Å². The Kier molecular flexibility index (Phi) is 5.43. The highest BCUT2D eigenvalue weighted by Crippen LogP contribution is 2.29. The molecule has 0 aliphatic heterocycles. The number of rotatable bonds is 6. The molecule has 0 aliphatic carbocycles. The van der Waals surface area contributed by atoms with Crippen molar-refractivity contribution >= 4 is 23.1 Å². The smallest absolute Gasteiger partial charge is 0.123 e. The van der Waals surface area contributed by atoms with Gasteiger partial charge in [0.1, 0.15) is 5.01 Å². The molecular formula is C15H20N2S2. The Balaban J connectivity index is 2.25. The maximum Gasteiger partial charge on any atom is 0.123 e. The van der Waals surface area contributed by atoms with Crippen LogP contribution in [0.1, 0.15) is 24.4 Å². The number of aryl methyl sites for hydroxylation is 1. The highest BCUT2D eigenvalue weighted by molar-refractivity contribution is 7.98. The number of thiazole rings is 1. The van der Waals surface area contributed by atoms with Crippen LogP contribution in [0.3, 0.4) is 0 Å². The molecule has 1 aromatic carbocycles. The van der Waals surface area contributed by atoms with E-state index < -0.39 is 0 Å². The summed E-state index contributed by atoms with van der Waals surface area (Å²) < 4.78 is 0. The van der Waals surface area contributed by atoms with Crippen molar-refractivity contribution in [3.8, 4) is 10.6 Å². The number of aromatic nitrogens is 1. The quantitative estimate of drug-likeness (QED) is 0.808. The third kappa shape index (κ3) is 3.59. The lowest BCUT2D eigenvalue weighted by Gasteiger charge is -1.99. The topological polar surface area (TPSA) is 24.9 Å². The number of hydrogen-bond donors (Lipinski definition) is 1. The molecule has 2 aromatic rings. The molecule has 0 saturated carbocycles. The Morgan fingerprint density at radius 3 is 2.53 bits per heavy atom. The first-order valence-corrected chi connectivity index (χ1v) is 8.66. The molecule has 1 heterocycles. The van der Waals surface area contributed by atoms with Crippen LogP contribution < -0.4 is 5.32 Å². The van der Waals surface area contributed by atoms with E-state index in [-0.39, 0.29) is 0 Å². The molecule has 1 N–H and O–H groups in total. The fraction of sp³-hybridized carbons (Fsp3) is 0.400. The van der Waals surface area contributed by atoms with E-state index in [0.29, 0.717) is 0 Å². The molecule has 2 nitrogen and oxygen atoms in total. The van der Waals surface area contributed by atoms with Crippen LogP contribution in [0.25, 0.3) is 10.6 Å². The van der Waals surface area contributed by atoms with E-state index in [0.717, 1.165) is 24.5 Å². The van der Waals surface area contributed by atoms with Crippen molar-refractivity contribution in [1.82, 2.24) is 10.3 Å². The predicted octanol–water partition coefficient (Wildman–Crippen LogP) is 4.20. The molecule has 0 radical (unpaired) electrons. The summed E-state index contributed by atoms with van der Waals surface area (Å²) in [6.45, 7) is 6.23. The van der Waals surface area contributed by atoms with Crippen LogP contribution in [0, 0.1) is 0 Å². The summed E-state index contributed by atoms with van der Waals surface area (Å²) in [6.07, 6.45) is 3.10. The molecule has 1 aromatic heterocycles. The third-order valence-electron chi connectivity index (χ3n) is 2.99. The SMILES string of the molecule is CCNCc1sc(-c2ccc(SC)cc2)nc1CC. The predicted molar refractivity (Wildman–Crippen MR) is 86.1 cm³/mol. The molecule has 0 spiro atoms. The average molecular weight is 292 g/mol. The van der Waals surface area contributed by atoms with E-state index in [1.807, 2.05) is 11.3 Å². The van der Waals surface area contributed by atoms with Crippen molar-refractivity contribution in [2.24, 2.45) is 0 Å². The highest BCUT2D eigenvalue weighted by Gasteiger charge is 2.10. The zero-order valence-electron chi connectivity index (χ0n) is 11.7. The van der Waals surface area contributed by atoms with Gasteiger partial charge in [-0.3, -0.25) is 0 Å². The second-order valence-electron chi connectivity index (χ2n) is 4.25. The van der Waals surface area contributed by atoms with E-state index in [1.165, 1.54) is 21.0 Å². The molecule has 0 saturated heterocycles. The van der Waals surface area contributed by atoms with Gasteiger partial charge in [0, 0.05) is 21.9 Å². The summed E-state index contributed by atoms with van der Waals surface area (Å²) in [5.74, 6) is 0. The second kappa shape index (κ2) is 7.08. The maximum atomic E-state index is 4.78. The molecule has 0 bridgehead atoms. The second-order valence-corrected chi connectivity index (χ2v) is 6.21. The zero-order chi connectivity index (χ0) is 13.7. The van der Waals surface area contributed by atoms with Crippen molar-refractivity contribution in [3.05, 3.63) is 34.8 Å². The molecule has 0 unspecified atom stereocenters. The number of hydrogen-bond acceptors (Lipinski definition) is 4. The Bertz CT molecular complexity index is 517. The van der Waals surface area contributed by atoms with Gasteiger partial charge in [-0.2, -0.15) is 0 Å². The van der Waals surface area contributed by atoms with Gasteiger partial charge in [-0.15, -0.1) is 23.1 Å². The Hall–Kier alpha value is -0.840. The Labute approximate surface area is 123 Å². The van der Waals surface area contributed by atoms with Gasteiger partial charge >= 0.3 is 0 Å². The molecule has 2 rings (SSSR count). The van der Waals surface area contributed by atoms with Gasteiger partial charge in [0.15, 0.2) is 0 Å². The Morgan fingerprint density at radius 2 is 1.95 bits per heavy atom. The first kappa shape index (κ1) is 14.6. The minimum atomic E-state index is 0.931. The fourth-order valence-electron chi connectivity index (χ4n) is 1.89. The normalized spacial score (nSPS) is 10.9. The van der Waals surface area contributed by atoms with Gasteiger partial charge in [0.2, 0.25) is 0 Å². The van der Waals surface area contributed by atoms with Gasteiger partial charge in [-0.25, -0.2) is 4.98 Å². The van der Waals surface area contributed by atoms with Gasteiger partial charge in [-0.05, 0) is 31.4 Å². The van der Waals surface area contributed by atoms with Crippen LogP contribution in [0.2, 0.25) is 0 Å². The van der Waals surface area contributed by atoms with Gasteiger partial charge in [0.05, 0.1) is 5.69 Å². The van der Waals surface area contributed by atoms with Crippen molar-refractivity contribution < 1.29 is 0 Å². The van der Waals surface area contributed by atoms with Crippen LogP contribution >= 0.6 is 23.1 Å². The number of benzene rings is 1. The van der Waals surface area contributed by atoms with E-state index in [2.05, 4.69) is 49.7 Å². The lowest BCUT2D eigenvalue weighted by Crippen LogP contribution is -2.11. The zero-order valence-corrected chi connectivity index (χ0v) is 13.3. The summed E-state index contributed by atoms with van der Waals surface area (Å²) in [5, 5.41) is 4.53. The molecule has 4 heteroatoms. The standard InChI is InChI=1S/C15H20N2S2/c1-4-13-14(10-16-5-2)19-15(17-13)11-6-8-12(18-3)9-7-11/h6-9,16H,4-5,10H2,1-3H3. The summed E-state index contributed by atoms with van der Waals surface area (Å²) in [7, 11) is 0. The molecule has 102 valence electrons. The minimum Gasteiger partial charge on any atom is -0.312 e. The van der Waals surface area contributed by atoms with E-state index in [1.54, 1.807) is 11.8 Å². The van der Waals surface area contributed by atoms with Crippen LogP contribution in [0.15, 0.2) is 29.2 Å². The van der Waals surface area contributed by atoms with Crippen LogP contribution in [-0.2, 0) is 13.0 Å². The molecule has 19 heavy (non-hydrogen) atoms. The number of nitrogens with zero attached hydrogens (tertiary/aromatic N) is 1. The van der Waals surface area contributed by atoms with Gasteiger partial charge in [0.25, 0.3) is 0 Å². The summed E-state index contributed by atoms with van der Waals surface area (Å²) >= 11 is 3.58. The van der Waals surface area contributed by atoms with E-state index in [9.17, 15) is 0 Å². The van der Waals surface area contributed by atoms with E-state index >= 15 is 0 Å².